The molecule has 0 atom stereocenters. The van der Waals surface area contributed by atoms with E-state index in [0.717, 1.165) is 17.1 Å². The van der Waals surface area contributed by atoms with E-state index in [1.54, 1.807) is 4.90 Å². The summed E-state index contributed by atoms with van der Waals surface area (Å²) in [4.78, 5) is 27.8. The highest BCUT2D eigenvalue weighted by molar-refractivity contribution is 8.00. The molecule has 5 nitrogen and oxygen atoms in total. The Balaban J connectivity index is 1.98. The van der Waals surface area contributed by atoms with E-state index in [4.69, 9.17) is 0 Å². The number of benzene rings is 1. The highest BCUT2D eigenvalue weighted by Gasteiger charge is 2.25. The van der Waals surface area contributed by atoms with Crippen LogP contribution in [0.1, 0.15) is 0 Å². The third kappa shape index (κ3) is 3.74. The zero-order valence-electron chi connectivity index (χ0n) is 11.8. The number of hydrogen-bond donors (Lipinski definition) is 2. The molecule has 2 rings (SSSR count). The van der Waals surface area contributed by atoms with Gasteiger partial charge in [-0.25, -0.2) is 0 Å². The van der Waals surface area contributed by atoms with Crippen molar-refractivity contribution in [2.45, 2.75) is 4.90 Å². The van der Waals surface area contributed by atoms with Gasteiger partial charge in [-0.3, -0.25) is 9.59 Å². The fourth-order valence-corrected chi connectivity index (χ4v) is 2.91. The van der Waals surface area contributed by atoms with Gasteiger partial charge in [0.25, 0.3) is 0 Å². The molecule has 0 saturated heterocycles. The van der Waals surface area contributed by atoms with Crippen LogP contribution in [0, 0.1) is 0 Å². The van der Waals surface area contributed by atoms with E-state index in [0.29, 0.717) is 12.3 Å². The number of thioether (sulfide) groups is 1. The van der Waals surface area contributed by atoms with Gasteiger partial charge in [-0.1, -0.05) is 12.1 Å². The Bertz CT molecular complexity index is 505. The van der Waals surface area contributed by atoms with Gasteiger partial charge in [-0.15, -0.1) is 11.8 Å². The molecule has 1 aliphatic heterocycles. The minimum absolute atomic E-state index is 0.0120. The van der Waals surface area contributed by atoms with Crippen LogP contribution in [0.25, 0.3) is 0 Å². The maximum absolute atomic E-state index is 12.0. The minimum atomic E-state index is -0.110. The number of para-hydroxylation sites is 1. The molecule has 0 bridgehead atoms. The Morgan fingerprint density at radius 1 is 1.40 bits per heavy atom. The third-order valence-corrected chi connectivity index (χ3v) is 4.10. The van der Waals surface area contributed by atoms with E-state index < -0.39 is 0 Å². The second-order valence-electron chi connectivity index (χ2n) is 5.04. The Labute approximate surface area is 123 Å². The molecule has 1 aromatic carbocycles. The van der Waals surface area contributed by atoms with Crippen LogP contribution in [0.15, 0.2) is 29.2 Å². The molecule has 20 heavy (non-hydrogen) atoms. The molecule has 0 unspecified atom stereocenters. The van der Waals surface area contributed by atoms with Gasteiger partial charge in [0.2, 0.25) is 11.8 Å². The number of anilines is 1. The number of carbonyl (C=O) groups is 2. The van der Waals surface area contributed by atoms with Crippen LogP contribution in [0.4, 0.5) is 5.69 Å². The van der Waals surface area contributed by atoms with E-state index in [2.05, 4.69) is 5.32 Å². The summed E-state index contributed by atoms with van der Waals surface area (Å²) in [6, 6.07) is 7.70. The topological polar surface area (TPSA) is 53.9 Å². The van der Waals surface area contributed by atoms with Crippen LogP contribution in [-0.2, 0) is 9.59 Å². The number of fused-ring (bicyclic) bond motifs is 1. The highest BCUT2D eigenvalue weighted by Crippen LogP contribution is 2.34. The minimum Gasteiger partial charge on any atom is -0.349 e. The summed E-state index contributed by atoms with van der Waals surface area (Å²) in [6.07, 6.45) is 0. The zero-order valence-corrected chi connectivity index (χ0v) is 12.6. The number of carbonyl (C=O) groups excluding carboxylic acids is 2. The normalized spacial score (nSPS) is 14.3. The molecule has 2 amide bonds. The fourth-order valence-electron chi connectivity index (χ4n) is 1.98. The van der Waals surface area contributed by atoms with E-state index in [1.165, 1.54) is 16.7 Å². The number of nitrogens with zero attached hydrogens (tertiary/aromatic N) is 1. The lowest BCUT2D eigenvalue weighted by molar-refractivity contribution is -0.856. The predicted octanol–water partition coefficient (Wildman–Crippen LogP) is -0.614. The standard InChI is InChI=1S/C14H19N3O2S/c1-16(2)8-7-15-13(18)9-17-11-5-3-4-6-12(11)20-10-14(17)19/h3-6H,7-10H2,1-2H3,(H,15,18)/p+1. The van der Waals surface area contributed by atoms with Crippen LogP contribution in [-0.4, -0.2) is 51.3 Å². The quantitative estimate of drug-likeness (QED) is 0.761. The lowest BCUT2D eigenvalue weighted by Gasteiger charge is -2.28. The predicted molar refractivity (Wildman–Crippen MR) is 80.2 cm³/mol. The second kappa shape index (κ2) is 6.76. The Hall–Kier alpha value is -1.53. The van der Waals surface area contributed by atoms with Gasteiger partial charge >= 0.3 is 0 Å². The SMILES string of the molecule is C[NH+](C)CCNC(=O)CN1C(=O)CSc2ccccc21. The van der Waals surface area contributed by atoms with Crippen LogP contribution in [0.2, 0.25) is 0 Å². The first-order chi connectivity index (χ1) is 9.58. The largest absolute Gasteiger partial charge is 0.349 e. The van der Waals surface area contributed by atoms with Crippen LogP contribution >= 0.6 is 11.8 Å². The average Bonchev–Trinajstić information content (AvgIpc) is 2.41. The maximum Gasteiger partial charge on any atom is 0.240 e. The molecule has 2 N–H and O–H groups in total. The van der Waals surface area contributed by atoms with Gasteiger partial charge in [-0.2, -0.15) is 0 Å². The third-order valence-electron chi connectivity index (χ3n) is 3.06. The molecule has 6 heteroatoms. The molecule has 0 aliphatic carbocycles. The van der Waals surface area contributed by atoms with Crippen molar-refractivity contribution >= 4 is 29.3 Å². The molecule has 108 valence electrons. The lowest BCUT2D eigenvalue weighted by atomic mass is 10.2. The second-order valence-corrected chi connectivity index (χ2v) is 6.06. The number of likely N-dealkylation sites (N-methyl/N-ethyl adjacent to an activating group) is 1. The van der Waals surface area contributed by atoms with Crippen molar-refractivity contribution < 1.29 is 14.5 Å². The van der Waals surface area contributed by atoms with Crippen molar-refractivity contribution in [3.63, 3.8) is 0 Å². The molecule has 1 aromatic rings. The molecule has 0 radical (unpaired) electrons. The van der Waals surface area contributed by atoms with E-state index in [-0.39, 0.29) is 18.4 Å². The summed E-state index contributed by atoms with van der Waals surface area (Å²) in [5.41, 5.74) is 0.835. The first kappa shape index (κ1) is 14.9. The summed E-state index contributed by atoms with van der Waals surface area (Å²) in [5, 5.41) is 2.85. The van der Waals surface area contributed by atoms with Gasteiger partial charge in [0.15, 0.2) is 0 Å². The molecule has 1 aliphatic rings. The van der Waals surface area contributed by atoms with E-state index >= 15 is 0 Å². The molecule has 1 heterocycles. The smallest absolute Gasteiger partial charge is 0.240 e. The number of quaternary nitrogens is 1. The number of nitrogens with one attached hydrogen (secondary N) is 2. The number of amides is 2. The molecular formula is C14H20N3O2S+. The summed E-state index contributed by atoms with van der Waals surface area (Å²) in [7, 11) is 4.07. The van der Waals surface area contributed by atoms with E-state index in [1.807, 2.05) is 38.4 Å². The van der Waals surface area contributed by atoms with Crippen molar-refractivity contribution in [2.75, 3.05) is 44.4 Å². The molecular weight excluding hydrogens is 274 g/mol. The Kier molecular flexibility index (Phi) is 5.03. The number of rotatable bonds is 5. The van der Waals surface area contributed by atoms with Gasteiger partial charge in [0.05, 0.1) is 38.6 Å². The molecule has 0 aromatic heterocycles. The molecule has 0 spiro atoms. The van der Waals surface area contributed by atoms with Crippen LogP contribution in [0.3, 0.4) is 0 Å². The summed E-state index contributed by atoms with van der Waals surface area (Å²) < 4.78 is 0. The Morgan fingerprint density at radius 3 is 2.90 bits per heavy atom. The molecule has 0 fully saturated rings. The van der Waals surface area contributed by atoms with Crippen molar-refractivity contribution in [3.05, 3.63) is 24.3 Å². The fraction of sp³-hybridized carbons (Fsp3) is 0.429. The van der Waals surface area contributed by atoms with Gasteiger partial charge in [-0.05, 0) is 12.1 Å². The van der Waals surface area contributed by atoms with E-state index in [9.17, 15) is 9.59 Å². The maximum atomic E-state index is 12.0. The number of hydrogen-bond acceptors (Lipinski definition) is 3. The highest BCUT2D eigenvalue weighted by atomic mass is 32.2. The zero-order chi connectivity index (χ0) is 14.5. The van der Waals surface area contributed by atoms with Gasteiger partial charge in [0, 0.05) is 4.90 Å². The lowest BCUT2D eigenvalue weighted by Crippen LogP contribution is -3.06. The monoisotopic (exact) mass is 294 g/mol. The first-order valence-corrected chi connectivity index (χ1v) is 7.64. The first-order valence-electron chi connectivity index (χ1n) is 6.66. The van der Waals surface area contributed by atoms with Crippen molar-refractivity contribution in [1.82, 2.24) is 5.32 Å². The summed E-state index contributed by atoms with van der Waals surface area (Å²) in [5.74, 6) is 0.273. The van der Waals surface area contributed by atoms with Crippen LogP contribution < -0.4 is 15.1 Å². The average molecular weight is 294 g/mol. The van der Waals surface area contributed by atoms with Gasteiger partial charge < -0.3 is 15.1 Å². The van der Waals surface area contributed by atoms with Crippen molar-refractivity contribution in [3.8, 4) is 0 Å². The molecule has 0 saturated carbocycles. The van der Waals surface area contributed by atoms with Crippen molar-refractivity contribution in [2.24, 2.45) is 0 Å². The van der Waals surface area contributed by atoms with Crippen molar-refractivity contribution in [1.29, 1.82) is 0 Å². The Morgan fingerprint density at radius 2 is 2.15 bits per heavy atom. The van der Waals surface area contributed by atoms with Gasteiger partial charge in [0.1, 0.15) is 6.54 Å². The summed E-state index contributed by atoms with van der Waals surface area (Å²) >= 11 is 1.52. The summed E-state index contributed by atoms with van der Waals surface area (Å²) in [6.45, 7) is 1.59. The van der Waals surface area contributed by atoms with Crippen LogP contribution in [0.5, 0.6) is 0 Å².